The van der Waals surface area contributed by atoms with Crippen molar-refractivity contribution in [3.8, 4) is 0 Å². The third-order valence-electron chi connectivity index (χ3n) is 3.15. The number of para-hydroxylation sites is 1. The van der Waals surface area contributed by atoms with Crippen LogP contribution in [0.2, 0.25) is 0 Å². The highest BCUT2D eigenvalue weighted by atomic mass is 19.4. The number of fused-ring (bicyclic) bond motifs is 1. The van der Waals surface area contributed by atoms with Gasteiger partial charge in [0.25, 0.3) is 0 Å². The van der Waals surface area contributed by atoms with Crippen molar-refractivity contribution in [2.45, 2.75) is 6.18 Å². The summed E-state index contributed by atoms with van der Waals surface area (Å²) < 4.78 is 51.9. The number of H-pyrrole nitrogens is 1. The average molecular weight is 294 g/mol. The van der Waals surface area contributed by atoms with E-state index in [9.17, 15) is 17.6 Å². The van der Waals surface area contributed by atoms with Gasteiger partial charge in [0, 0.05) is 17.1 Å². The summed E-state index contributed by atoms with van der Waals surface area (Å²) in [4.78, 5) is 2.85. The van der Waals surface area contributed by atoms with Crippen molar-refractivity contribution in [3.63, 3.8) is 0 Å². The molecule has 0 saturated heterocycles. The highest BCUT2D eigenvalue weighted by molar-refractivity contribution is 5.94. The first-order valence-corrected chi connectivity index (χ1v) is 6.15. The number of anilines is 2. The highest BCUT2D eigenvalue weighted by Crippen LogP contribution is 2.34. The molecular formula is C15H10F4N2. The second-order valence-corrected chi connectivity index (χ2v) is 4.57. The molecule has 0 aliphatic carbocycles. The smallest absolute Gasteiger partial charge is 0.359 e. The van der Waals surface area contributed by atoms with Gasteiger partial charge in [-0.05, 0) is 30.3 Å². The molecule has 3 aromatic rings. The van der Waals surface area contributed by atoms with E-state index in [2.05, 4.69) is 10.3 Å². The maximum Gasteiger partial charge on any atom is 0.416 e. The molecule has 0 bridgehead atoms. The normalized spacial score (nSPS) is 11.8. The van der Waals surface area contributed by atoms with Crippen LogP contribution in [0.1, 0.15) is 5.56 Å². The summed E-state index contributed by atoms with van der Waals surface area (Å²) in [5.74, 6) is -0.473. The molecule has 0 unspecified atom stereocenters. The molecule has 1 heterocycles. The molecule has 0 aliphatic heterocycles. The van der Waals surface area contributed by atoms with Gasteiger partial charge in [-0.25, -0.2) is 4.39 Å². The first kappa shape index (κ1) is 13.5. The monoisotopic (exact) mass is 294 g/mol. The summed E-state index contributed by atoms with van der Waals surface area (Å²) in [6, 6.07) is 9.37. The third kappa shape index (κ3) is 2.56. The third-order valence-corrected chi connectivity index (χ3v) is 3.15. The molecule has 0 saturated carbocycles. The zero-order valence-corrected chi connectivity index (χ0v) is 10.6. The lowest BCUT2D eigenvalue weighted by Crippen LogP contribution is -2.04. The number of hydrogen-bond donors (Lipinski definition) is 2. The van der Waals surface area contributed by atoms with Gasteiger partial charge in [0.15, 0.2) is 0 Å². The fourth-order valence-electron chi connectivity index (χ4n) is 2.11. The van der Waals surface area contributed by atoms with E-state index in [0.29, 0.717) is 16.6 Å². The van der Waals surface area contributed by atoms with Crippen LogP contribution in [0, 0.1) is 5.82 Å². The standard InChI is InChI=1S/C15H10F4N2/c16-11-3-1-2-4-13(11)21-14-8-20-12-6-5-9(7-10(12)14)15(17,18)19/h1-8,20-21H. The Morgan fingerprint density at radius 2 is 1.71 bits per heavy atom. The number of nitrogens with one attached hydrogen (secondary N) is 2. The Labute approximate surface area is 117 Å². The van der Waals surface area contributed by atoms with E-state index in [1.165, 1.54) is 30.5 Å². The number of alkyl halides is 3. The Morgan fingerprint density at radius 3 is 2.43 bits per heavy atom. The molecular weight excluding hydrogens is 284 g/mol. The molecule has 2 aromatic carbocycles. The maximum atomic E-state index is 13.6. The largest absolute Gasteiger partial charge is 0.416 e. The van der Waals surface area contributed by atoms with Gasteiger partial charge >= 0.3 is 6.18 Å². The summed E-state index contributed by atoms with van der Waals surface area (Å²) in [7, 11) is 0. The van der Waals surface area contributed by atoms with Crippen LogP contribution < -0.4 is 5.32 Å². The molecule has 1 aromatic heterocycles. The van der Waals surface area contributed by atoms with Crippen LogP contribution in [0.3, 0.4) is 0 Å². The Balaban J connectivity index is 2.05. The Kier molecular flexibility index (Phi) is 3.08. The van der Waals surface area contributed by atoms with Crippen molar-refractivity contribution in [3.05, 3.63) is 60.0 Å². The van der Waals surface area contributed by atoms with Gasteiger partial charge in [-0.1, -0.05) is 12.1 Å². The molecule has 0 aliphatic rings. The lowest BCUT2D eigenvalue weighted by atomic mass is 10.1. The Bertz CT molecular complexity index is 790. The number of aromatic amines is 1. The fraction of sp³-hybridized carbons (Fsp3) is 0.0667. The summed E-state index contributed by atoms with van der Waals surface area (Å²) in [5, 5.41) is 3.15. The molecule has 2 nitrogen and oxygen atoms in total. The molecule has 2 N–H and O–H groups in total. The number of hydrogen-bond acceptors (Lipinski definition) is 1. The van der Waals surface area contributed by atoms with Crippen molar-refractivity contribution in [1.29, 1.82) is 0 Å². The van der Waals surface area contributed by atoms with Crippen molar-refractivity contribution >= 4 is 22.3 Å². The summed E-state index contributed by atoms with van der Waals surface area (Å²) >= 11 is 0. The number of benzene rings is 2. The van der Waals surface area contributed by atoms with Gasteiger partial charge in [-0.2, -0.15) is 13.2 Å². The van der Waals surface area contributed by atoms with E-state index in [1.54, 1.807) is 6.07 Å². The summed E-state index contributed by atoms with van der Waals surface area (Å²) in [5.41, 5.74) is 0.394. The maximum absolute atomic E-state index is 13.6. The lowest BCUT2D eigenvalue weighted by molar-refractivity contribution is -0.137. The Morgan fingerprint density at radius 1 is 0.952 bits per heavy atom. The first-order valence-electron chi connectivity index (χ1n) is 6.15. The van der Waals surface area contributed by atoms with Crippen molar-refractivity contribution in [1.82, 2.24) is 4.98 Å². The minimum absolute atomic E-state index is 0.204. The second kappa shape index (κ2) is 4.80. The predicted octanol–water partition coefficient (Wildman–Crippen LogP) is 5.07. The van der Waals surface area contributed by atoms with E-state index in [0.717, 1.165) is 12.1 Å². The van der Waals surface area contributed by atoms with Crippen LogP contribution in [-0.4, -0.2) is 4.98 Å². The van der Waals surface area contributed by atoms with Crippen LogP contribution in [0.25, 0.3) is 10.9 Å². The van der Waals surface area contributed by atoms with E-state index in [4.69, 9.17) is 0 Å². The zero-order valence-electron chi connectivity index (χ0n) is 10.6. The zero-order chi connectivity index (χ0) is 15.0. The van der Waals surface area contributed by atoms with Gasteiger partial charge < -0.3 is 10.3 Å². The van der Waals surface area contributed by atoms with Crippen LogP contribution in [0.4, 0.5) is 28.9 Å². The summed E-state index contributed by atoms with van der Waals surface area (Å²) in [6.45, 7) is 0. The fourth-order valence-corrected chi connectivity index (χ4v) is 2.11. The number of aromatic nitrogens is 1. The van der Waals surface area contributed by atoms with E-state index in [-0.39, 0.29) is 5.69 Å². The average Bonchev–Trinajstić information content (AvgIpc) is 2.83. The minimum Gasteiger partial charge on any atom is -0.359 e. The van der Waals surface area contributed by atoms with Crippen molar-refractivity contribution < 1.29 is 17.6 Å². The SMILES string of the molecule is Fc1ccccc1Nc1c[nH]c2ccc(C(F)(F)F)cc12. The van der Waals surface area contributed by atoms with Gasteiger partial charge in [-0.15, -0.1) is 0 Å². The second-order valence-electron chi connectivity index (χ2n) is 4.57. The predicted molar refractivity (Wildman–Crippen MR) is 73.0 cm³/mol. The topological polar surface area (TPSA) is 27.8 Å². The summed E-state index contributed by atoms with van der Waals surface area (Å²) in [6.07, 6.45) is -2.90. The van der Waals surface area contributed by atoms with Gasteiger partial charge in [0.2, 0.25) is 0 Å². The first-order chi connectivity index (χ1) is 9.95. The molecule has 0 atom stereocenters. The molecule has 108 valence electrons. The highest BCUT2D eigenvalue weighted by Gasteiger charge is 2.30. The Hall–Kier alpha value is -2.50. The van der Waals surface area contributed by atoms with Crippen LogP contribution in [0.5, 0.6) is 0 Å². The van der Waals surface area contributed by atoms with E-state index < -0.39 is 17.6 Å². The quantitative estimate of drug-likeness (QED) is 0.634. The molecule has 6 heteroatoms. The molecule has 3 rings (SSSR count). The minimum atomic E-state index is -4.42. The van der Waals surface area contributed by atoms with Gasteiger partial charge in [0.1, 0.15) is 5.82 Å². The van der Waals surface area contributed by atoms with Crippen LogP contribution >= 0.6 is 0 Å². The van der Waals surface area contributed by atoms with Gasteiger partial charge in [-0.3, -0.25) is 0 Å². The number of rotatable bonds is 2. The number of halogens is 4. The van der Waals surface area contributed by atoms with Crippen molar-refractivity contribution in [2.75, 3.05) is 5.32 Å². The molecule has 0 amide bonds. The molecule has 0 fully saturated rings. The van der Waals surface area contributed by atoms with E-state index >= 15 is 0 Å². The van der Waals surface area contributed by atoms with Crippen LogP contribution in [0.15, 0.2) is 48.7 Å². The van der Waals surface area contributed by atoms with Crippen molar-refractivity contribution in [2.24, 2.45) is 0 Å². The van der Waals surface area contributed by atoms with Crippen LogP contribution in [-0.2, 0) is 6.18 Å². The molecule has 0 radical (unpaired) electrons. The van der Waals surface area contributed by atoms with Gasteiger partial charge in [0.05, 0.1) is 16.9 Å². The lowest BCUT2D eigenvalue weighted by Gasteiger charge is -2.08. The van der Waals surface area contributed by atoms with E-state index in [1.807, 2.05) is 0 Å². The molecule has 0 spiro atoms. The molecule has 21 heavy (non-hydrogen) atoms.